The Balaban J connectivity index is 1.88. The number of alkyl halides is 9. The van der Waals surface area contributed by atoms with E-state index in [1.54, 1.807) is 0 Å². The maximum absolute atomic E-state index is 12.7. The second kappa shape index (κ2) is 13.2. The minimum atomic E-state index is -5.47. The van der Waals surface area contributed by atoms with Gasteiger partial charge in [-0.3, -0.25) is 0 Å². The summed E-state index contributed by atoms with van der Waals surface area (Å²) in [5.41, 5.74) is -0.902. The van der Waals surface area contributed by atoms with Crippen molar-refractivity contribution in [2.75, 3.05) is 0 Å². The normalized spacial score (nSPS) is 12.3. The van der Waals surface area contributed by atoms with Gasteiger partial charge in [-0.2, -0.15) is 39.5 Å². The van der Waals surface area contributed by atoms with Gasteiger partial charge in [0.05, 0.1) is 4.90 Å². The predicted octanol–water partition coefficient (Wildman–Crippen LogP) is 6.99. The van der Waals surface area contributed by atoms with Gasteiger partial charge in [0, 0.05) is 11.1 Å². The Kier molecular flexibility index (Phi) is 9.83. The minimum Gasteiger partial charge on any atom is -0.744 e. The van der Waals surface area contributed by atoms with E-state index in [1.165, 1.54) is 0 Å². The SMILES string of the molecule is O=C(Oc1ccc(-c2cc(-c3ccc(OC(=O)C(F)(F)F)cc3)c(S(=O)(=O)[O-])c(-c3ccc(OC(=O)C(F)(F)F)cc3)c2)cc1)C(F)(F)F. The van der Waals surface area contributed by atoms with E-state index in [0.29, 0.717) is 0 Å². The zero-order valence-corrected chi connectivity index (χ0v) is 24.4. The van der Waals surface area contributed by atoms with Crippen molar-refractivity contribution in [3.05, 3.63) is 84.9 Å². The van der Waals surface area contributed by atoms with Crippen LogP contribution in [0.15, 0.2) is 89.8 Å². The van der Waals surface area contributed by atoms with Gasteiger partial charge in [-0.1, -0.05) is 36.4 Å². The molecular formula is C30H14F9O9S-. The average Bonchev–Trinajstić information content (AvgIpc) is 2.99. The summed E-state index contributed by atoms with van der Waals surface area (Å²) in [5, 5.41) is 0. The molecule has 0 aliphatic rings. The van der Waals surface area contributed by atoms with E-state index in [9.17, 15) is 66.9 Å². The molecule has 0 aliphatic carbocycles. The second-order valence-electron chi connectivity index (χ2n) is 9.59. The fraction of sp³-hybridized carbons (Fsp3) is 0.100. The largest absolute Gasteiger partial charge is 0.744 e. The maximum atomic E-state index is 12.7. The number of carbonyl (C=O) groups excluding carboxylic acids is 3. The van der Waals surface area contributed by atoms with Crippen molar-refractivity contribution in [2.45, 2.75) is 23.4 Å². The van der Waals surface area contributed by atoms with E-state index in [2.05, 4.69) is 14.2 Å². The van der Waals surface area contributed by atoms with Gasteiger partial charge < -0.3 is 18.8 Å². The van der Waals surface area contributed by atoms with Gasteiger partial charge in [-0.15, -0.1) is 0 Å². The van der Waals surface area contributed by atoms with Gasteiger partial charge in [0.15, 0.2) is 0 Å². The molecule has 0 heterocycles. The number of benzene rings is 4. The first-order valence-corrected chi connectivity index (χ1v) is 14.3. The number of hydrogen-bond donors (Lipinski definition) is 0. The third-order valence-corrected chi connectivity index (χ3v) is 7.12. The molecule has 0 radical (unpaired) electrons. The molecule has 9 nitrogen and oxygen atoms in total. The summed E-state index contributed by atoms with van der Waals surface area (Å²) in [4.78, 5) is 32.7. The quantitative estimate of drug-likeness (QED) is 0.0856. The summed E-state index contributed by atoms with van der Waals surface area (Å²) in [6.07, 6.45) is -16.0. The molecule has 0 aliphatic heterocycles. The van der Waals surface area contributed by atoms with Crippen LogP contribution in [0.1, 0.15) is 0 Å². The molecular weight excluding hydrogens is 707 g/mol. The van der Waals surface area contributed by atoms with E-state index < -0.39 is 79.8 Å². The van der Waals surface area contributed by atoms with Crippen molar-refractivity contribution in [3.8, 4) is 50.6 Å². The van der Waals surface area contributed by atoms with Crippen LogP contribution in [0.25, 0.3) is 33.4 Å². The molecule has 0 saturated carbocycles. The van der Waals surface area contributed by atoms with Crippen molar-refractivity contribution in [1.29, 1.82) is 0 Å². The molecule has 0 atom stereocenters. The Morgan fingerprint density at radius 2 is 0.735 bits per heavy atom. The highest BCUT2D eigenvalue weighted by Crippen LogP contribution is 2.41. The van der Waals surface area contributed by atoms with Crippen LogP contribution in [0.5, 0.6) is 17.2 Å². The molecule has 0 N–H and O–H groups in total. The molecule has 0 bridgehead atoms. The van der Waals surface area contributed by atoms with Crippen molar-refractivity contribution in [2.24, 2.45) is 0 Å². The molecule has 0 fully saturated rings. The summed E-state index contributed by atoms with van der Waals surface area (Å²) in [6.45, 7) is 0. The van der Waals surface area contributed by atoms with Gasteiger partial charge in [0.1, 0.15) is 27.4 Å². The van der Waals surface area contributed by atoms with Crippen LogP contribution in [0.3, 0.4) is 0 Å². The number of carbonyl (C=O) groups is 3. The molecule has 0 amide bonds. The van der Waals surface area contributed by atoms with Crippen molar-refractivity contribution >= 4 is 28.0 Å². The number of ether oxygens (including phenoxy) is 3. The van der Waals surface area contributed by atoms with Gasteiger partial charge in [0.25, 0.3) is 0 Å². The maximum Gasteiger partial charge on any atom is 0.491 e. The molecule has 0 aromatic heterocycles. The fourth-order valence-corrected chi connectivity index (χ4v) is 5.00. The molecule has 4 rings (SSSR count). The van der Waals surface area contributed by atoms with E-state index in [1.807, 2.05) is 0 Å². The van der Waals surface area contributed by atoms with Crippen LogP contribution in [0, 0.1) is 0 Å². The number of rotatable bonds is 7. The first-order valence-electron chi connectivity index (χ1n) is 12.9. The smallest absolute Gasteiger partial charge is 0.491 e. The highest BCUT2D eigenvalue weighted by molar-refractivity contribution is 7.86. The first kappa shape index (κ1) is 36.4. The summed E-state index contributed by atoms with van der Waals surface area (Å²) in [7, 11) is -5.47. The topological polar surface area (TPSA) is 136 Å². The lowest BCUT2D eigenvalue weighted by Gasteiger charge is -2.21. The van der Waals surface area contributed by atoms with E-state index >= 15 is 0 Å². The highest BCUT2D eigenvalue weighted by Gasteiger charge is 2.43. The number of halogens is 9. The Bertz CT molecular complexity index is 1910. The lowest BCUT2D eigenvalue weighted by atomic mass is 9.93. The Morgan fingerprint density at radius 3 is 0.980 bits per heavy atom. The lowest BCUT2D eigenvalue weighted by Crippen LogP contribution is -2.27. The molecule has 4 aromatic carbocycles. The summed E-state index contributed by atoms with van der Waals surface area (Å²) in [5.74, 6) is -9.45. The Hall–Kier alpha value is -5.43. The molecule has 0 unspecified atom stereocenters. The monoisotopic (exact) mass is 721 g/mol. The van der Waals surface area contributed by atoms with Gasteiger partial charge >= 0.3 is 36.4 Å². The summed E-state index contributed by atoms with van der Waals surface area (Å²) >= 11 is 0. The lowest BCUT2D eigenvalue weighted by molar-refractivity contribution is -0.189. The van der Waals surface area contributed by atoms with E-state index in [-0.39, 0.29) is 22.3 Å². The zero-order valence-electron chi connectivity index (χ0n) is 23.6. The van der Waals surface area contributed by atoms with Gasteiger partial charge in [-0.25, -0.2) is 22.8 Å². The van der Waals surface area contributed by atoms with Crippen LogP contribution >= 0.6 is 0 Å². The first-order chi connectivity index (χ1) is 22.5. The van der Waals surface area contributed by atoms with Crippen molar-refractivity contribution in [1.82, 2.24) is 0 Å². The van der Waals surface area contributed by atoms with Crippen molar-refractivity contribution in [3.63, 3.8) is 0 Å². The standard InChI is InChI=1S/C30H15F9O9S/c31-28(32,33)25(40)46-19-7-1-15(2-8-19)18-13-22(16-3-9-20(10-4-16)47-26(41)29(34,35)36)24(49(43,44)45)23(14-18)17-5-11-21(12-6-17)48-27(42)30(37,38)39/h1-14H,(H,43,44,45)/p-1. The van der Waals surface area contributed by atoms with Crippen LogP contribution in [-0.2, 0) is 24.5 Å². The summed E-state index contributed by atoms with van der Waals surface area (Å²) in [6, 6.07) is 13.8. The number of hydrogen-bond acceptors (Lipinski definition) is 9. The Labute approximate surface area is 268 Å². The zero-order chi connectivity index (χ0) is 36.5. The molecule has 0 saturated heterocycles. The number of esters is 3. The minimum absolute atomic E-state index is 0.0475. The third kappa shape index (κ3) is 8.93. The highest BCUT2D eigenvalue weighted by atomic mass is 32.2. The summed E-state index contributed by atoms with van der Waals surface area (Å²) < 4.78 is 164. The van der Waals surface area contributed by atoms with Crippen LogP contribution in [0.2, 0.25) is 0 Å². The predicted molar refractivity (Wildman–Crippen MR) is 146 cm³/mol. The van der Waals surface area contributed by atoms with Crippen LogP contribution in [-0.4, -0.2) is 49.4 Å². The molecule has 19 heteroatoms. The molecule has 4 aromatic rings. The van der Waals surface area contributed by atoms with Gasteiger partial charge in [-0.05, 0) is 70.8 Å². The third-order valence-electron chi connectivity index (χ3n) is 6.18. The second-order valence-corrected chi connectivity index (χ2v) is 10.9. The molecule has 49 heavy (non-hydrogen) atoms. The molecule has 258 valence electrons. The van der Waals surface area contributed by atoms with Crippen molar-refractivity contribution < 1.29 is 81.1 Å². The van der Waals surface area contributed by atoms with Crippen LogP contribution in [0.4, 0.5) is 39.5 Å². The molecule has 0 spiro atoms. The average molecular weight is 721 g/mol. The van der Waals surface area contributed by atoms with E-state index in [0.717, 1.165) is 84.9 Å². The van der Waals surface area contributed by atoms with Crippen LogP contribution < -0.4 is 14.2 Å². The van der Waals surface area contributed by atoms with Gasteiger partial charge in [0.2, 0.25) is 0 Å². The fourth-order valence-electron chi connectivity index (χ4n) is 4.11. The Morgan fingerprint density at radius 1 is 0.469 bits per heavy atom. The van der Waals surface area contributed by atoms with E-state index in [4.69, 9.17) is 0 Å².